The van der Waals surface area contributed by atoms with Crippen molar-refractivity contribution in [3.63, 3.8) is 0 Å². The fourth-order valence-electron chi connectivity index (χ4n) is 2.69. The minimum atomic E-state index is -0.0810. The van der Waals surface area contributed by atoms with Crippen molar-refractivity contribution in [3.8, 4) is 5.75 Å². The number of carbonyl (C=O) groups excluding carboxylic acids is 1. The maximum Gasteiger partial charge on any atom is 0.262 e. The van der Waals surface area contributed by atoms with Crippen LogP contribution in [0.2, 0.25) is 0 Å². The van der Waals surface area contributed by atoms with Gasteiger partial charge in [0.05, 0.1) is 23.8 Å². The number of fused-ring (bicyclic) bond motifs is 1. The Labute approximate surface area is 169 Å². The zero-order chi connectivity index (χ0) is 19.4. The molecular weight excluding hydrogens is 428 g/mol. The number of thioether (sulfide) groups is 1. The largest absolute Gasteiger partial charge is 0.497 e. The summed E-state index contributed by atoms with van der Waals surface area (Å²) < 4.78 is 7.61. The zero-order valence-electron chi connectivity index (χ0n) is 15.1. The van der Waals surface area contributed by atoms with Crippen LogP contribution in [0.15, 0.2) is 56.9 Å². The number of ether oxygens (including phenoxy) is 1. The second-order valence-electron chi connectivity index (χ2n) is 5.95. The van der Waals surface area contributed by atoms with Crippen molar-refractivity contribution in [2.24, 2.45) is 0 Å². The topological polar surface area (TPSA) is 61.2 Å². The Morgan fingerprint density at radius 1 is 1.22 bits per heavy atom. The van der Waals surface area contributed by atoms with Gasteiger partial charge >= 0.3 is 0 Å². The van der Waals surface area contributed by atoms with Gasteiger partial charge in [0.15, 0.2) is 10.9 Å². The van der Waals surface area contributed by atoms with Gasteiger partial charge in [0.1, 0.15) is 5.75 Å². The van der Waals surface area contributed by atoms with Gasteiger partial charge in [-0.25, -0.2) is 4.98 Å². The first-order chi connectivity index (χ1) is 13.0. The third-order valence-corrected chi connectivity index (χ3v) is 5.54. The molecule has 0 spiro atoms. The Morgan fingerprint density at radius 3 is 2.63 bits per heavy atom. The molecule has 0 saturated carbocycles. The molecule has 0 aliphatic rings. The van der Waals surface area contributed by atoms with Gasteiger partial charge < -0.3 is 4.74 Å². The molecule has 2 aromatic carbocycles. The molecule has 0 amide bonds. The summed E-state index contributed by atoms with van der Waals surface area (Å²) in [6.45, 7) is 2.57. The van der Waals surface area contributed by atoms with Gasteiger partial charge in [0, 0.05) is 16.6 Å². The van der Waals surface area contributed by atoms with E-state index in [1.807, 2.05) is 19.1 Å². The van der Waals surface area contributed by atoms with Gasteiger partial charge in [0.2, 0.25) is 0 Å². The zero-order valence-corrected chi connectivity index (χ0v) is 17.5. The number of benzene rings is 2. The third-order valence-electron chi connectivity index (χ3n) is 4.07. The highest BCUT2D eigenvalue weighted by Crippen LogP contribution is 2.22. The maximum absolute atomic E-state index is 12.9. The van der Waals surface area contributed by atoms with E-state index >= 15 is 0 Å². The van der Waals surface area contributed by atoms with E-state index in [-0.39, 0.29) is 17.1 Å². The van der Waals surface area contributed by atoms with E-state index in [1.165, 1.54) is 11.8 Å². The molecule has 5 nitrogen and oxygen atoms in total. The normalized spacial score (nSPS) is 10.9. The molecule has 140 valence electrons. The summed E-state index contributed by atoms with van der Waals surface area (Å²) in [7, 11) is 1.59. The molecular formula is C20H19BrN2O3S. The first kappa shape index (κ1) is 19.6. The molecule has 0 radical (unpaired) electrons. The monoisotopic (exact) mass is 446 g/mol. The minimum absolute atomic E-state index is 0.0177. The maximum atomic E-state index is 12.9. The summed E-state index contributed by atoms with van der Waals surface area (Å²) in [5, 5.41) is 1.14. The number of halogens is 1. The molecule has 3 rings (SSSR count). The predicted molar refractivity (Wildman–Crippen MR) is 112 cm³/mol. The molecule has 0 saturated heterocycles. The number of ketones is 1. The average molecular weight is 447 g/mol. The molecule has 0 N–H and O–H groups in total. The molecule has 27 heavy (non-hydrogen) atoms. The number of nitrogens with zero attached hydrogens (tertiary/aromatic N) is 2. The van der Waals surface area contributed by atoms with Crippen LogP contribution < -0.4 is 10.3 Å². The second-order valence-corrected chi connectivity index (χ2v) is 7.81. The number of rotatable bonds is 7. The van der Waals surface area contributed by atoms with Crippen LogP contribution in [-0.2, 0) is 6.54 Å². The van der Waals surface area contributed by atoms with Gasteiger partial charge in [-0.1, -0.05) is 34.6 Å². The number of Topliss-reactive ketones (excluding diaryl/α,β-unsaturated/α-hetero) is 1. The Hall–Kier alpha value is -2.12. The standard InChI is InChI=1S/C20H19BrN2O3S/c1-3-10-23-19(25)16-11-14(21)6-9-17(16)22-20(23)27-12-18(24)13-4-7-15(26-2)8-5-13/h4-9,11H,3,10,12H2,1-2H3. The van der Waals surface area contributed by atoms with E-state index in [1.54, 1.807) is 42.0 Å². The van der Waals surface area contributed by atoms with Crippen molar-refractivity contribution < 1.29 is 9.53 Å². The summed E-state index contributed by atoms with van der Waals surface area (Å²) in [5.41, 5.74) is 1.16. The van der Waals surface area contributed by atoms with Crippen LogP contribution in [-0.4, -0.2) is 28.2 Å². The summed E-state index contributed by atoms with van der Waals surface area (Å²) >= 11 is 4.69. The molecule has 1 aromatic heterocycles. The smallest absolute Gasteiger partial charge is 0.262 e. The van der Waals surface area contributed by atoms with Crippen molar-refractivity contribution in [2.45, 2.75) is 25.0 Å². The highest BCUT2D eigenvalue weighted by atomic mass is 79.9. The third kappa shape index (κ3) is 4.42. The molecule has 0 fully saturated rings. The van der Waals surface area contributed by atoms with Gasteiger partial charge in [-0.15, -0.1) is 0 Å². The summed E-state index contributed by atoms with van der Waals surface area (Å²) in [6.07, 6.45) is 0.807. The SMILES string of the molecule is CCCn1c(SCC(=O)c2ccc(OC)cc2)nc2ccc(Br)cc2c1=O. The lowest BCUT2D eigenvalue weighted by Gasteiger charge is -2.12. The lowest BCUT2D eigenvalue weighted by molar-refractivity contribution is 0.102. The van der Waals surface area contributed by atoms with Crippen molar-refractivity contribution in [1.29, 1.82) is 0 Å². The first-order valence-corrected chi connectivity index (χ1v) is 10.3. The minimum Gasteiger partial charge on any atom is -0.497 e. The average Bonchev–Trinajstić information content (AvgIpc) is 2.69. The second kappa shape index (κ2) is 8.71. The lowest BCUT2D eigenvalue weighted by atomic mass is 10.1. The van der Waals surface area contributed by atoms with E-state index in [0.717, 1.165) is 10.9 Å². The number of hydrogen-bond donors (Lipinski definition) is 0. The molecule has 3 aromatic rings. The predicted octanol–water partition coefficient (Wildman–Crippen LogP) is 4.55. The number of hydrogen-bond acceptors (Lipinski definition) is 5. The Balaban J connectivity index is 1.88. The van der Waals surface area contributed by atoms with Crippen molar-refractivity contribution in [2.75, 3.05) is 12.9 Å². The van der Waals surface area contributed by atoms with E-state index < -0.39 is 0 Å². The first-order valence-electron chi connectivity index (χ1n) is 8.53. The molecule has 0 bridgehead atoms. The number of aromatic nitrogens is 2. The molecule has 0 atom stereocenters. The Kier molecular flexibility index (Phi) is 6.34. The van der Waals surface area contributed by atoms with Gasteiger partial charge in [-0.3, -0.25) is 14.2 Å². The molecule has 0 unspecified atom stereocenters. The van der Waals surface area contributed by atoms with Crippen LogP contribution in [0.1, 0.15) is 23.7 Å². The van der Waals surface area contributed by atoms with E-state index in [2.05, 4.69) is 20.9 Å². The fraction of sp³-hybridized carbons (Fsp3) is 0.250. The Bertz CT molecular complexity index is 1030. The number of methoxy groups -OCH3 is 1. The fourth-order valence-corrected chi connectivity index (χ4v) is 3.97. The van der Waals surface area contributed by atoms with Crippen LogP contribution in [0.3, 0.4) is 0 Å². The highest BCUT2D eigenvalue weighted by molar-refractivity contribution is 9.10. The highest BCUT2D eigenvalue weighted by Gasteiger charge is 2.14. The quantitative estimate of drug-likeness (QED) is 0.302. The van der Waals surface area contributed by atoms with Crippen molar-refractivity contribution in [3.05, 3.63) is 62.9 Å². The van der Waals surface area contributed by atoms with Crippen LogP contribution in [0.4, 0.5) is 0 Å². The van der Waals surface area contributed by atoms with Crippen molar-refractivity contribution >= 4 is 44.4 Å². The summed E-state index contributed by atoms with van der Waals surface area (Å²) in [6, 6.07) is 12.5. The molecule has 1 heterocycles. The molecule has 0 aliphatic carbocycles. The summed E-state index contributed by atoms with van der Waals surface area (Å²) in [5.74, 6) is 0.902. The van der Waals surface area contributed by atoms with Crippen LogP contribution in [0.25, 0.3) is 10.9 Å². The van der Waals surface area contributed by atoms with Crippen LogP contribution in [0, 0.1) is 0 Å². The summed E-state index contributed by atoms with van der Waals surface area (Å²) in [4.78, 5) is 30.0. The Morgan fingerprint density at radius 2 is 1.96 bits per heavy atom. The van der Waals surface area contributed by atoms with Crippen LogP contribution in [0.5, 0.6) is 5.75 Å². The van der Waals surface area contributed by atoms with Crippen molar-refractivity contribution in [1.82, 2.24) is 9.55 Å². The van der Waals surface area contributed by atoms with Gasteiger partial charge in [0.25, 0.3) is 5.56 Å². The van der Waals surface area contributed by atoms with E-state index in [4.69, 9.17) is 4.74 Å². The van der Waals surface area contributed by atoms with E-state index in [0.29, 0.717) is 33.9 Å². The van der Waals surface area contributed by atoms with Gasteiger partial charge in [-0.2, -0.15) is 0 Å². The van der Waals surface area contributed by atoms with Gasteiger partial charge in [-0.05, 0) is 48.9 Å². The van der Waals surface area contributed by atoms with Crippen LogP contribution >= 0.6 is 27.7 Å². The molecule has 7 heteroatoms. The number of carbonyl (C=O) groups is 1. The van der Waals surface area contributed by atoms with E-state index in [9.17, 15) is 9.59 Å². The lowest BCUT2D eigenvalue weighted by Crippen LogP contribution is -2.23. The molecule has 0 aliphatic heterocycles.